The van der Waals surface area contributed by atoms with Crippen LogP contribution in [0.1, 0.15) is 56.9 Å². The largest absolute Gasteiger partial charge is 0.493 e. The van der Waals surface area contributed by atoms with Crippen molar-refractivity contribution in [1.29, 1.82) is 0 Å². The van der Waals surface area contributed by atoms with Gasteiger partial charge in [-0.25, -0.2) is 4.39 Å². The Labute approximate surface area is 232 Å². The van der Waals surface area contributed by atoms with Gasteiger partial charge in [-0.15, -0.1) is 0 Å². The molecule has 0 N–H and O–H groups in total. The standard InChI is InChI=1S/C31H43FN2O5/c1-36-28-14-13-25(22-29(28)38-21-9-19-34-18-7-3-4-12-30(34)35)23-33-17-8-15-31(37-2,16-20-33)24-39-27-11-6-5-10-26(27)32/h5-6,10-11,13-14,22H,3-4,7-9,12,15-21,23-24H2,1-2H3/t31-/m1/s1. The first kappa shape index (κ1) is 29.2. The Bertz CT molecular complexity index is 1070. The van der Waals surface area contributed by atoms with E-state index in [1.54, 1.807) is 32.4 Å². The molecule has 8 heteroatoms. The molecule has 0 bridgehead atoms. The predicted octanol–water partition coefficient (Wildman–Crippen LogP) is 5.46. The molecule has 2 aliphatic heterocycles. The van der Waals surface area contributed by atoms with Crippen molar-refractivity contribution in [3.63, 3.8) is 0 Å². The van der Waals surface area contributed by atoms with Crippen LogP contribution in [-0.2, 0) is 16.1 Å². The number of para-hydroxylation sites is 1. The third-order valence-electron chi connectivity index (χ3n) is 7.89. The number of methoxy groups -OCH3 is 2. The molecule has 0 saturated carbocycles. The topological polar surface area (TPSA) is 60.5 Å². The number of amides is 1. The fraction of sp³-hybridized carbons (Fsp3) is 0.581. The van der Waals surface area contributed by atoms with Crippen molar-refractivity contribution in [2.75, 3.05) is 53.6 Å². The summed E-state index contributed by atoms with van der Waals surface area (Å²) in [6.45, 7) is 5.02. The number of carbonyl (C=O) groups is 1. The van der Waals surface area contributed by atoms with Gasteiger partial charge in [0.05, 0.1) is 13.7 Å². The first-order valence-electron chi connectivity index (χ1n) is 14.2. The summed E-state index contributed by atoms with van der Waals surface area (Å²) in [5, 5.41) is 0. The van der Waals surface area contributed by atoms with E-state index in [0.29, 0.717) is 25.4 Å². The van der Waals surface area contributed by atoms with Gasteiger partial charge in [0.1, 0.15) is 12.2 Å². The van der Waals surface area contributed by atoms with Crippen molar-refractivity contribution >= 4 is 5.91 Å². The molecular weight excluding hydrogens is 499 g/mol. The van der Waals surface area contributed by atoms with Gasteiger partial charge in [-0.2, -0.15) is 0 Å². The van der Waals surface area contributed by atoms with Gasteiger partial charge in [0.2, 0.25) is 5.91 Å². The number of benzene rings is 2. The lowest BCUT2D eigenvalue weighted by Gasteiger charge is -2.31. The van der Waals surface area contributed by atoms with Crippen LogP contribution in [0.2, 0.25) is 0 Å². The molecule has 2 aliphatic rings. The minimum atomic E-state index is -0.444. The Morgan fingerprint density at radius 3 is 2.59 bits per heavy atom. The van der Waals surface area contributed by atoms with Gasteiger partial charge in [0.15, 0.2) is 23.1 Å². The Morgan fingerprint density at radius 1 is 0.897 bits per heavy atom. The zero-order chi connectivity index (χ0) is 27.5. The molecule has 4 rings (SSSR count). The molecule has 0 unspecified atom stereocenters. The number of ether oxygens (including phenoxy) is 4. The lowest BCUT2D eigenvalue weighted by atomic mass is 9.95. The molecule has 1 amide bonds. The summed E-state index contributed by atoms with van der Waals surface area (Å²) in [6, 6.07) is 12.6. The lowest BCUT2D eigenvalue weighted by molar-refractivity contribution is -0.130. The first-order valence-corrected chi connectivity index (χ1v) is 14.2. The number of likely N-dealkylation sites (tertiary alicyclic amines) is 2. The first-order chi connectivity index (χ1) is 19.0. The van der Waals surface area contributed by atoms with E-state index in [2.05, 4.69) is 17.0 Å². The summed E-state index contributed by atoms with van der Waals surface area (Å²) in [5.74, 6) is 1.62. The summed E-state index contributed by atoms with van der Waals surface area (Å²) in [7, 11) is 3.37. The van der Waals surface area contributed by atoms with Crippen molar-refractivity contribution in [3.8, 4) is 17.2 Å². The van der Waals surface area contributed by atoms with Gasteiger partial charge in [-0.05, 0) is 74.9 Å². The molecule has 2 fully saturated rings. The highest BCUT2D eigenvalue weighted by molar-refractivity contribution is 5.76. The van der Waals surface area contributed by atoms with Crippen molar-refractivity contribution in [3.05, 3.63) is 53.8 Å². The number of hydrogen-bond donors (Lipinski definition) is 0. The van der Waals surface area contributed by atoms with Crippen LogP contribution in [0.5, 0.6) is 17.2 Å². The number of carbonyl (C=O) groups excluding carboxylic acids is 1. The maximum Gasteiger partial charge on any atom is 0.222 e. The second kappa shape index (κ2) is 14.5. The highest BCUT2D eigenvalue weighted by Crippen LogP contribution is 2.31. The minimum Gasteiger partial charge on any atom is -0.493 e. The van der Waals surface area contributed by atoms with Crippen LogP contribution in [0.15, 0.2) is 42.5 Å². The Hall–Kier alpha value is -2.84. The lowest BCUT2D eigenvalue weighted by Crippen LogP contribution is -2.39. The second-order valence-electron chi connectivity index (χ2n) is 10.6. The number of nitrogens with zero attached hydrogens (tertiary/aromatic N) is 2. The molecule has 0 aromatic heterocycles. The van der Waals surface area contributed by atoms with Crippen LogP contribution in [0.25, 0.3) is 0 Å². The summed E-state index contributed by atoms with van der Waals surface area (Å²) in [5.41, 5.74) is 0.709. The van der Waals surface area contributed by atoms with Crippen molar-refractivity contribution in [1.82, 2.24) is 9.80 Å². The Morgan fingerprint density at radius 2 is 1.77 bits per heavy atom. The molecule has 2 saturated heterocycles. The van der Waals surface area contributed by atoms with E-state index >= 15 is 0 Å². The highest BCUT2D eigenvalue weighted by atomic mass is 19.1. The number of halogens is 1. The Balaban J connectivity index is 1.29. The molecule has 0 spiro atoms. The fourth-order valence-corrected chi connectivity index (χ4v) is 5.46. The molecule has 214 valence electrons. The smallest absolute Gasteiger partial charge is 0.222 e. The van der Waals surface area contributed by atoms with E-state index in [0.717, 1.165) is 89.0 Å². The van der Waals surface area contributed by atoms with E-state index in [4.69, 9.17) is 18.9 Å². The molecule has 0 aliphatic carbocycles. The van der Waals surface area contributed by atoms with Gasteiger partial charge in [-0.3, -0.25) is 9.69 Å². The van der Waals surface area contributed by atoms with Crippen LogP contribution < -0.4 is 14.2 Å². The monoisotopic (exact) mass is 542 g/mol. The van der Waals surface area contributed by atoms with Crippen molar-refractivity contribution in [2.24, 2.45) is 0 Å². The van der Waals surface area contributed by atoms with Crippen LogP contribution in [0.4, 0.5) is 4.39 Å². The van der Waals surface area contributed by atoms with Crippen molar-refractivity contribution in [2.45, 2.75) is 63.5 Å². The average molecular weight is 543 g/mol. The van der Waals surface area contributed by atoms with E-state index < -0.39 is 5.60 Å². The Kier molecular flexibility index (Phi) is 10.9. The van der Waals surface area contributed by atoms with Gasteiger partial charge < -0.3 is 23.8 Å². The van der Waals surface area contributed by atoms with E-state index in [1.807, 2.05) is 11.0 Å². The quantitative estimate of drug-likeness (QED) is 0.332. The van der Waals surface area contributed by atoms with Crippen molar-refractivity contribution < 1.29 is 28.1 Å². The molecule has 7 nitrogen and oxygen atoms in total. The summed E-state index contributed by atoms with van der Waals surface area (Å²) in [4.78, 5) is 16.6. The van der Waals surface area contributed by atoms with Crippen LogP contribution in [-0.4, -0.2) is 74.9 Å². The van der Waals surface area contributed by atoms with Crippen LogP contribution >= 0.6 is 0 Å². The maximum absolute atomic E-state index is 14.0. The van der Waals surface area contributed by atoms with E-state index in [-0.39, 0.29) is 17.5 Å². The molecule has 39 heavy (non-hydrogen) atoms. The zero-order valence-corrected chi connectivity index (χ0v) is 23.5. The molecule has 0 radical (unpaired) electrons. The van der Waals surface area contributed by atoms with Gasteiger partial charge in [-0.1, -0.05) is 24.6 Å². The molecular formula is C31H43FN2O5. The van der Waals surface area contributed by atoms with E-state index in [1.165, 1.54) is 6.07 Å². The minimum absolute atomic E-state index is 0.263. The van der Waals surface area contributed by atoms with Crippen LogP contribution in [0.3, 0.4) is 0 Å². The maximum atomic E-state index is 14.0. The highest BCUT2D eigenvalue weighted by Gasteiger charge is 2.34. The number of hydrogen-bond acceptors (Lipinski definition) is 6. The van der Waals surface area contributed by atoms with Crippen LogP contribution in [0, 0.1) is 5.82 Å². The summed E-state index contributed by atoms with van der Waals surface area (Å²) in [6.07, 6.45) is 7.29. The molecule has 2 aromatic rings. The third kappa shape index (κ3) is 8.32. The van der Waals surface area contributed by atoms with Gasteiger partial charge in [0, 0.05) is 39.7 Å². The summed E-state index contributed by atoms with van der Waals surface area (Å²) < 4.78 is 37.5. The normalized spacial score (nSPS) is 20.8. The molecule has 1 atom stereocenters. The predicted molar refractivity (Wildman–Crippen MR) is 149 cm³/mol. The second-order valence-corrected chi connectivity index (χ2v) is 10.6. The average Bonchev–Trinajstić information content (AvgIpc) is 3.29. The van der Waals surface area contributed by atoms with Gasteiger partial charge in [0.25, 0.3) is 0 Å². The third-order valence-corrected chi connectivity index (χ3v) is 7.89. The number of rotatable bonds is 12. The van der Waals surface area contributed by atoms with E-state index in [9.17, 15) is 9.18 Å². The fourth-order valence-electron chi connectivity index (χ4n) is 5.46. The molecule has 2 heterocycles. The zero-order valence-electron chi connectivity index (χ0n) is 23.5. The van der Waals surface area contributed by atoms with Gasteiger partial charge >= 0.3 is 0 Å². The summed E-state index contributed by atoms with van der Waals surface area (Å²) >= 11 is 0. The SMILES string of the molecule is COc1ccc(CN2CCC[C@@](COc3ccccc3F)(OC)CC2)cc1OCCCN1CCCCCC1=O. The molecule has 2 aromatic carbocycles.